The summed E-state index contributed by atoms with van der Waals surface area (Å²) in [6.45, 7) is 5.02. The molecule has 1 aromatic rings. The highest BCUT2D eigenvalue weighted by molar-refractivity contribution is 6.29. The van der Waals surface area contributed by atoms with Gasteiger partial charge in [0.05, 0.1) is 6.54 Å². The molecule has 1 amide bonds. The van der Waals surface area contributed by atoms with Crippen LogP contribution in [0.3, 0.4) is 0 Å². The summed E-state index contributed by atoms with van der Waals surface area (Å²) in [5, 5.41) is 0.421. The molecule has 104 valence electrons. The topological polar surface area (TPSA) is 72.1 Å². The van der Waals surface area contributed by atoms with Gasteiger partial charge >= 0.3 is 0 Å². The average molecular weight is 283 g/mol. The SMILES string of the molecule is CC(C)CN(CC(N)=O)c1cc(Cl)nc(C2CC2)n1. The lowest BCUT2D eigenvalue weighted by Crippen LogP contribution is -2.37. The maximum Gasteiger partial charge on any atom is 0.236 e. The van der Waals surface area contributed by atoms with Crippen molar-refractivity contribution in [2.75, 3.05) is 18.0 Å². The number of halogens is 1. The predicted octanol–water partition coefficient (Wildman–Crippen LogP) is 1.96. The van der Waals surface area contributed by atoms with Crippen LogP contribution < -0.4 is 10.6 Å². The molecule has 5 nitrogen and oxygen atoms in total. The van der Waals surface area contributed by atoms with Gasteiger partial charge < -0.3 is 10.6 Å². The number of aromatic nitrogens is 2. The number of hydrogen-bond acceptors (Lipinski definition) is 4. The van der Waals surface area contributed by atoms with E-state index >= 15 is 0 Å². The predicted molar refractivity (Wildman–Crippen MR) is 75.3 cm³/mol. The number of rotatable bonds is 6. The molecule has 0 atom stereocenters. The van der Waals surface area contributed by atoms with E-state index in [1.165, 1.54) is 0 Å². The van der Waals surface area contributed by atoms with Crippen molar-refractivity contribution in [3.05, 3.63) is 17.0 Å². The molecule has 1 aromatic heterocycles. The zero-order valence-corrected chi connectivity index (χ0v) is 12.0. The zero-order valence-electron chi connectivity index (χ0n) is 11.3. The quantitative estimate of drug-likeness (QED) is 0.810. The summed E-state index contributed by atoms with van der Waals surface area (Å²) in [7, 11) is 0. The van der Waals surface area contributed by atoms with Crippen LogP contribution in [0.5, 0.6) is 0 Å². The molecule has 0 aliphatic heterocycles. The lowest BCUT2D eigenvalue weighted by Gasteiger charge is -2.24. The number of primary amides is 1. The van der Waals surface area contributed by atoms with Crippen LogP contribution in [0.15, 0.2) is 6.07 Å². The molecule has 1 aliphatic rings. The van der Waals surface area contributed by atoms with Crippen LogP contribution in [-0.2, 0) is 4.79 Å². The van der Waals surface area contributed by atoms with Gasteiger partial charge in [-0.05, 0) is 18.8 Å². The van der Waals surface area contributed by atoms with Crippen molar-refractivity contribution in [1.29, 1.82) is 0 Å². The summed E-state index contributed by atoms with van der Waals surface area (Å²) in [4.78, 5) is 21.8. The molecule has 1 heterocycles. The Morgan fingerprint density at radius 2 is 2.21 bits per heavy atom. The molecule has 0 saturated heterocycles. The van der Waals surface area contributed by atoms with Gasteiger partial charge in [-0.15, -0.1) is 0 Å². The lowest BCUT2D eigenvalue weighted by molar-refractivity contribution is -0.116. The average Bonchev–Trinajstić information content (AvgIpc) is 3.09. The number of nitrogens with two attached hydrogens (primary N) is 1. The first-order valence-corrected chi connectivity index (χ1v) is 6.91. The molecule has 2 N–H and O–H groups in total. The van der Waals surface area contributed by atoms with Gasteiger partial charge in [-0.2, -0.15) is 0 Å². The van der Waals surface area contributed by atoms with E-state index in [2.05, 4.69) is 23.8 Å². The van der Waals surface area contributed by atoms with E-state index in [1.807, 2.05) is 4.90 Å². The first-order valence-electron chi connectivity index (χ1n) is 6.53. The third-order valence-electron chi connectivity index (χ3n) is 2.90. The van der Waals surface area contributed by atoms with Gasteiger partial charge in [0, 0.05) is 18.5 Å². The van der Waals surface area contributed by atoms with Crippen molar-refractivity contribution in [3.8, 4) is 0 Å². The minimum absolute atomic E-state index is 0.148. The third-order valence-corrected chi connectivity index (χ3v) is 3.09. The standard InChI is InChI=1S/C13H19ClN4O/c1-8(2)6-18(7-11(15)19)12-5-10(14)16-13(17-12)9-3-4-9/h5,8-9H,3-4,6-7H2,1-2H3,(H2,15,19). The van der Waals surface area contributed by atoms with E-state index in [0.717, 1.165) is 18.7 Å². The van der Waals surface area contributed by atoms with Crippen molar-refractivity contribution >= 4 is 23.3 Å². The van der Waals surface area contributed by atoms with Gasteiger partial charge in [0.1, 0.15) is 16.8 Å². The van der Waals surface area contributed by atoms with Crippen LogP contribution in [0.25, 0.3) is 0 Å². The summed E-state index contributed by atoms with van der Waals surface area (Å²) in [5.41, 5.74) is 5.30. The van der Waals surface area contributed by atoms with Gasteiger partial charge in [0.2, 0.25) is 5.91 Å². The molecule has 1 aliphatic carbocycles. The second-order valence-corrected chi connectivity index (χ2v) is 5.81. The number of carbonyl (C=O) groups excluding carboxylic acids is 1. The summed E-state index contributed by atoms with van der Waals surface area (Å²) >= 11 is 6.05. The first kappa shape index (κ1) is 14.1. The van der Waals surface area contributed by atoms with Crippen molar-refractivity contribution in [2.45, 2.75) is 32.6 Å². The minimum atomic E-state index is -0.372. The Morgan fingerprint density at radius 3 is 2.74 bits per heavy atom. The Balaban J connectivity index is 2.25. The Morgan fingerprint density at radius 1 is 1.53 bits per heavy atom. The maximum absolute atomic E-state index is 11.2. The summed E-state index contributed by atoms with van der Waals surface area (Å²) in [6, 6.07) is 1.69. The van der Waals surface area contributed by atoms with E-state index in [0.29, 0.717) is 29.4 Å². The largest absolute Gasteiger partial charge is 0.368 e. The van der Waals surface area contributed by atoms with Crippen LogP contribution in [-0.4, -0.2) is 29.0 Å². The summed E-state index contributed by atoms with van der Waals surface area (Å²) in [6.07, 6.45) is 2.22. The molecule has 6 heteroatoms. The second kappa shape index (κ2) is 5.74. The van der Waals surface area contributed by atoms with Crippen molar-refractivity contribution in [2.24, 2.45) is 11.7 Å². The molecule has 19 heavy (non-hydrogen) atoms. The Kier molecular flexibility index (Phi) is 4.24. The highest BCUT2D eigenvalue weighted by atomic mass is 35.5. The highest BCUT2D eigenvalue weighted by Crippen LogP contribution is 2.39. The Bertz CT molecular complexity index is 474. The highest BCUT2D eigenvalue weighted by Gasteiger charge is 2.28. The van der Waals surface area contributed by atoms with Gasteiger partial charge in [0.15, 0.2) is 0 Å². The van der Waals surface area contributed by atoms with E-state index in [1.54, 1.807) is 6.07 Å². The van der Waals surface area contributed by atoms with Crippen LogP contribution in [0, 0.1) is 5.92 Å². The third kappa shape index (κ3) is 4.06. The van der Waals surface area contributed by atoms with Crippen molar-refractivity contribution in [1.82, 2.24) is 9.97 Å². The molecule has 0 unspecified atom stereocenters. The number of anilines is 1. The summed E-state index contributed by atoms with van der Waals surface area (Å²) in [5.74, 6) is 1.92. The molecule has 0 aromatic carbocycles. The second-order valence-electron chi connectivity index (χ2n) is 5.42. The van der Waals surface area contributed by atoms with Gasteiger partial charge in [-0.1, -0.05) is 25.4 Å². The molecular formula is C13H19ClN4O. The molecule has 1 saturated carbocycles. The van der Waals surface area contributed by atoms with E-state index < -0.39 is 0 Å². The van der Waals surface area contributed by atoms with E-state index in [-0.39, 0.29) is 12.5 Å². The fourth-order valence-corrected chi connectivity index (χ4v) is 2.16. The lowest BCUT2D eigenvalue weighted by atomic mass is 10.2. The molecule has 1 fully saturated rings. The van der Waals surface area contributed by atoms with Crippen LogP contribution in [0.4, 0.5) is 5.82 Å². The van der Waals surface area contributed by atoms with E-state index in [9.17, 15) is 4.79 Å². The van der Waals surface area contributed by atoms with Gasteiger partial charge in [-0.3, -0.25) is 4.79 Å². The molecular weight excluding hydrogens is 264 g/mol. The summed E-state index contributed by atoms with van der Waals surface area (Å²) < 4.78 is 0. The molecule has 2 rings (SSSR count). The fourth-order valence-electron chi connectivity index (χ4n) is 1.98. The maximum atomic E-state index is 11.2. The van der Waals surface area contributed by atoms with Gasteiger partial charge in [0.25, 0.3) is 0 Å². The molecule has 0 bridgehead atoms. The first-order chi connectivity index (χ1) is 8.95. The van der Waals surface area contributed by atoms with Crippen LogP contribution in [0.2, 0.25) is 5.15 Å². The Hall–Kier alpha value is -1.36. The monoisotopic (exact) mass is 282 g/mol. The minimum Gasteiger partial charge on any atom is -0.368 e. The van der Waals surface area contributed by atoms with Gasteiger partial charge in [-0.25, -0.2) is 9.97 Å². The Labute approximate surface area is 118 Å². The zero-order chi connectivity index (χ0) is 14.0. The number of carbonyl (C=O) groups is 1. The normalized spacial score (nSPS) is 14.7. The van der Waals surface area contributed by atoms with Crippen LogP contribution >= 0.6 is 11.6 Å². The smallest absolute Gasteiger partial charge is 0.236 e. The number of amides is 1. The fraction of sp³-hybridized carbons (Fsp3) is 0.615. The van der Waals surface area contributed by atoms with Crippen molar-refractivity contribution < 1.29 is 4.79 Å². The number of nitrogens with zero attached hydrogens (tertiary/aromatic N) is 3. The molecule has 0 radical (unpaired) electrons. The molecule has 0 spiro atoms. The van der Waals surface area contributed by atoms with E-state index in [4.69, 9.17) is 17.3 Å². The van der Waals surface area contributed by atoms with Crippen molar-refractivity contribution in [3.63, 3.8) is 0 Å². The van der Waals surface area contributed by atoms with Crippen LogP contribution in [0.1, 0.15) is 38.4 Å². The number of hydrogen-bond donors (Lipinski definition) is 1.